The van der Waals surface area contributed by atoms with E-state index in [1.54, 1.807) is 6.07 Å². The molecule has 0 spiro atoms. The second-order valence-corrected chi connectivity index (χ2v) is 12.1. The molecule has 2 fully saturated rings. The monoisotopic (exact) mass is 584 g/mol. The molecule has 0 aliphatic carbocycles. The Balaban J connectivity index is 1.33. The lowest BCUT2D eigenvalue weighted by atomic mass is 9.92. The SMILES string of the molecule is C[C@@H]1CN(C(c2cccc(O)c2)c2cccc(C(=O)N3CCN(CCCC(=O)O)CC3)c2)[C@@H](C)CN1Cc1ccccc1. The maximum atomic E-state index is 13.7. The van der Waals surface area contributed by atoms with Crippen molar-refractivity contribution in [1.29, 1.82) is 0 Å². The first-order valence-corrected chi connectivity index (χ1v) is 15.4. The van der Waals surface area contributed by atoms with Crippen LogP contribution in [0, 0.1) is 0 Å². The molecule has 8 heteroatoms. The van der Waals surface area contributed by atoms with Crippen LogP contribution in [0.25, 0.3) is 0 Å². The van der Waals surface area contributed by atoms with Crippen molar-refractivity contribution in [2.75, 3.05) is 45.8 Å². The van der Waals surface area contributed by atoms with Gasteiger partial charge in [0.05, 0.1) is 6.04 Å². The molecular formula is C35H44N4O4. The summed E-state index contributed by atoms with van der Waals surface area (Å²) in [7, 11) is 0. The number of rotatable bonds is 10. The van der Waals surface area contributed by atoms with E-state index in [-0.39, 0.29) is 30.2 Å². The molecule has 1 amide bonds. The molecule has 3 aromatic rings. The normalized spacial score (nSPS) is 21.0. The molecule has 2 aliphatic rings. The third-order valence-corrected chi connectivity index (χ3v) is 8.88. The lowest BCUT2D eigenvalue weighted by molar-refractivity contribution is -0.137. The van der Waals surface area contributed by atoms with Crippen LogP contribution in [0.5, 0.6) is 5.75 Å². The van der Waals surface area contributed by atoms with E-state index in [1.165, 1.54) is 5.56 Å². The average molecular weight is 585 g/mol. The third-order valence-electron chi connectivity index (χ3n) is 8.88. The zero-order valence-corrected chi connectivity index (χ0v) is 25.3. The fraction of sp³-hybridized carbons (Fsp3) is 0.429. The standard InChI is InChI=1S/C35H44N4O4/c1-26-24-39(27(2)23-38(26)25-28-9-4-3-5-10-28)34(30-12-7-14-32(40)22-30)29-11-6-13-31(21-29)35(43)37-19-17-36(18-20-37)16-8-15-33(41)42/h3-7,9-14,21-22,26-27,34,40H,8,15-20,23-25H2,1-2H3,(H,41,42)/t26-,27+,34?/m1/s1. The Labute approximate surface area is 255 Å². The predicted molar refractivity (Wildman–Crippen MR) is 168 cm³/mol. The molecule has 8 nitrogen and oxygen atoms in total. The first-order valence-electron chi connectivity index (χ1n) is 15.4. The van der Waals surface area contributed by atoms with Gasteiger partial charge in [0.15, 0.2) is 0 Å². The van der Waals surface area contributed by atoms with Gasteiger partial charge in [0.25, 0.3) is 5.91 Å². The number of aliphatic carboxylic acids is 1. The molecule has 228 valence electrons. The van der Waals surface area contributed by atoms with E-state index in [0.717, 1.165) is 50.4 Å². The lowest BCUT2D eigenvalue weighted by Gasteiger charge is -2.47. The molecule has 5 rings (SSSR count). The van der Waals surface area contributed by atoms with Gasteiger partial charge in [-0.2, -0.15) is 0 Å². The van der Waals surface area contributed by atoms with E-state index in [0.29, 0.717) is 31.1 Å². The number of hydrogen-bond acceptors (Lipinski definition) is 6. The molecule has 0 aromatic heterocycles. The second kappa shape index (κ2) is 14.2. The quantitative estimate of drug-likeness (QED) is 0.357. The minimum Gasteiger partial charge on any atom is -0.508 e. The molecule has 0 saturated carbocycles. The van der Waals surface area contributed by atoms with Crippen LogP contribution in [0.3, 0.4) is 0 Å². The Morgan fingerprint density at radius 1 is 0.837 bits per heavy atom. The summed E-state index contributed by atoms with van der Waals surface area (Å²) in [4.78, 5) is 33.7. The number of aromatic hydroxyl groups is 1. The Kier molecular flexibility index (Phi) is 10.1. The maximum Gasteiger partial charge on any atom is 0.303 e. The van der Waals surface area contributed by atoms with Gasteiger partial charge in [-0.3, -0.25) is 24.3 Å². The fourth-order valence-corrected chi connectivity index (χ4v) is 6.55. The third kappa shape index (κ3) is 7.82. The molecule has 0 radical (unpaired) electrons. The van der Waals surface area contributed by atoms with Gasteiger partial charge in [0.1, 0.15) is 5.75 Å². The molecule has 3 aromatic carbocycles. The van der Waals surface area contributed by atoms with Crippen LogP contribution in [0.4, 0.5) is 0 Å². The first-order chi connectivity index (χ1) is 20.8. The van der Waals surface area contributed by atoms with E-state index >= 15 is 0 Å². The molecule has 43 heavy (non-hydrogen) atoms. The van der Waals surface area contributed by atoms with Crippen LogP contribution >= 0.6 is 0 Å². The van der Waals surface area contributed by atoms with Crippen LogP contribution < -0.4 is 0 Å². The molecular weight excluding hydrogens is 540 g/mol. The second-order valence-electron chi connectivity index (χ2n) is 12.1. The molecule has 2 aliphatic heterocycles. The number of hydrogen-bond donors (Lipinski definition) is 2. The minimum absolute atomic E-state index is 0.0239. The Morgan fingerprint density at radius 3 is 2.23 bits per heavy atom. The van der Waals surface area contributed by atoms with Crippen LogP contribution in [0.15, 0.2) is 78.9 Å². The van der Waals surface area contributed by atoms with Crippen molar-refractivity contribution in [3.05, 3.63) is 101 Å². The summed E-state index contributed by atoms with van der Waals surface area (Å²) in [6.45, 7) is 10.7. The van der Waals surface area contributed by atoms with Gasteiger partial charge in [-0.15, -0.1) is 0 Å². The number of phenolic OH excluding ortho intramolecular Hbond substituents is 1. The fourth-order valence-electron chi connectivity index (χ4n) is 6.55. The van der Waals surface area contributed by atoms with E-state index in [9.17, 15) is 14.7 Å². The topological polar surface area (TPSA) is 87.6 Å². The number of amides is 1. The van der Waals surface area contributed by atoms with Crippen LogP contribution in [0.2, 0.25) is 0 Å². The minimum atomic E-state index is -0.768. The van der Waals surface area contributed by atoms with Crippen molar-refractivity contribution in [3.8, 4) is 5.75 Å². The zero-order valence-electron chi connectivity index (χ0n) is 25.3. The first kappa shape index (κ1) is 30.7. The summed E-state index contributed by atoms with van der Waals surface area (Å²) in [5, 5.41) is 19.3. The highest BCUT2D eigenvalue weighted by Gasteiger charge is 2.35. The molecule has 1 unspecified atom stereocenters. The molecule has 2 heterocycles. The number of carboxylic acid groups (broad SMARTS) is 1. The summed E-state index contributed by atoms with van der Waals surface area (Å²) in [6, 6.07) is 26.6. The molecule has 2 N–H and O–H groups in total. The largest absolute Gasteiger partial charge is 0.508 e. The summed E-state index contributed by atoms with van der Waals surface area (Å²) in [5.41, 5.74) is 4.03. The zero-order chi connectivity index (χ0) is 30.3. The van der Waals surface area contributed by atoms with Gasteiger partial charge < -0.3 is 15.1 Å². The van der Waals surface area contributed by atoms with Crippen molar-refractivity contribution in [2.24, 2.45) is 0 Å². The smallest absolute Gasteiger partial charge is 0.303 e. The molecule has 0 bridgehead atoms. The van der Waals surface area contributed by atoms with Gasteiger partial charge in [0, 0.05) is 69.9 Å². The summed E-state index contributed by atoms with van der Waals surface area (Å²) >= 11 is 0. The van der Waals surface area contributed by atoms with Gasteiger partial charge in [-0.05, 0) is 67.8 Å². The number of nitrogens with zero attached hydrogens (tertiary/aromatic N) is 4. The number of phenols is 1. The lowest BCUT2D eigenvalue weighted by Crippen LogP contribution is -2.56. The summed E-state index contributed by atoms with van der Waals surface area (Å²) in [5.74, 6) is -0.509. The van der Waals surface area contributed by atoms with Crippen molar-refractivity contribution in [1.82, 2.24) is 19.6 Å². The van der Waals surface area contributed by atoms with E-state index in [1.807, 2.05) is 35.2 Å². The van der Waals surface area contributed by atoms with Crippen LogP contribution in [-0.2, 0) is 11.3 Å². The number of carbonyl (C=O) groups excluding carboxylic acids is 1. The highest BCUT2D eigenvalue weighted by molar-refractivity contribution is 5.94. The van der Waals surface area contributed by atoms with Gasteiger partial charge in [-0.25, -0.2) is 0 Å². The Morgan fingerprint density at radius 2 is 1.53 bits per heavy atom. The Bertz CT molecular complexity index is 1380. The van der Waals surface area contributed by atoms with Crippen molar-refractivity contribution < 1.29 is 19.8 Å². The maximum absolute atomic E-state index is 13.7. The highest BCUT2D eigenvalue weighted by atomic mass is 16.4. The van der Waals surface area contributed by atoms with Gasteiger partial charge >= 0.3 is 5.97 Å². The summed E-state index contributed by atoms with van der Waals surface area (Å²) in [6.07, 6.45) is 0.797. The van der Waals surface area contributed by atoms with E-state index in [4.69, 9.17) is 5.11 Å². The van der Waals surface area contributed by atoms with Gasteiger partial charge in [0.2, 0.25) is 0 Å². The number of carboxylic acids is 1. The van der Waals surface area contributed by atoms with E-state index < -0.39 is 5.97 Å². The van der Waals surface area contributed by atoms with E-state index in [2.05, 4.69) is 71.0 Å². The Hall–Kier alpha value is -3.72. The predicted octanol–water partition coefficient (Wildman–Crippen LogP) is 4.70. The molecule has 2 saturated heterocycles. The molecule has 3 atom stereocenters. The number of benzene rings is 3. The average Bonchev–Trinajstić information content (AvgIpc) is 3.00. The summed E-state index contributed by atoms with van der Waals surface area (Å²) < 4.78 is 0. The highest BCUT2D eigenvalue weighted by Crippen LogP contribution is 2.35. The van der Waals surface area contributed by atoms with Gasteiger partial charge in [-0.1, -0.05) is 54.6 Å². The van der Waals surface area contributed by atoms with Crippen LogP contribution in [-0.4, -0.2) is 99.6 Å². The number of carbonyl (C=O) groups is 2. The van der Waals surface area contributed by atoms with Crippen molar-refractivity contribution in [3.63, 3.8) is 0 Å². The van der Waals surface area contributed by atoms with Crippen LogP contribution in [0.1, 0.15) is 59.8 Å². The van der Waals surface area contributed by atoms with Crippen molar-refractivity contribution in [2.45, 2.75) is 51.4 Å². The number of piperazine rings is 2. The van der Waals surface area contributed by atoms with Crippen molar-refractivity contribution >= 4 is 11.9 Å².